The van der Waals surface area contributed by atoms with Crippen molar-refractivity contribution in [3.05, 3.63) is 29.7 Å². The third-order valence-electron chi connectivity index (χ3n) is 4.49. The maximum atomic E-state index is 9.36. The molecular formula is C16H23N3O. The lowest BCUT2D eigenvalue weighted by Crippen LogP contribution is -2.11. The van der Waals surface area contributed by atoms with Gasteiger partial charge in [0.2, 0.25) is 0 Å². The summed E-state index contributed by atoms with van der Waals surface area (Å²) in [4.78, 5) is 4.78. The molecule has 1 N–H and O–H groups in total. The second-order valence-electron chi connectivity index (χ2n) is 6.12. The number of nitrogens with zero attached hydrogens (tertiary/aromatic N) is 3. The lowest BCUT2D eigenvalue weighted by atomic mass is 9.83. The Morgan fingerprint density at radius 2 is 2.15 bits per heavy atom. The quantitative estimate of drug-likeness (QED) is 0.913. The SMILES string of the molecule is CC1CCCCCC(c2ccn3ncc(CO)c3n2)C1. The molecule has 2 atom stereocenters. The summed E-state index contributed by atoms with van der Waals surface area (Å²) < 4.78 is 1.75. The lowest BCUT2D eigenvalue weighted by Gasteiger charge is -2.23. The fraction of sp³-hybridized carbons (Fsp3) is 0.625. The zero-order valence-electron chi connectivity index (χ0n) is 12.1. The molecule has 1 aliphatic rings. The molecule has 0 spiro atoms. The highest BCUT2D eigenvalue weighted by molar-refractivity contribution is 5.46. The second kappa shape index (κ2) is 5.92. The van der Waals surface area contributed by atoms with Crippen LogP contribution in [-0.4, -0.2) is 19.7 Å². The Balaban J connectivity index is 1.91. The summed E-state index contributed by atoms with van der Waals surface area (Å²) in [5.41, 5.74) is 2.78. The molecule has 2 unspecified atom stereocenters. The largest absolute Gasteiger partial charge is 0.391 e. The monoisotopic (exact) mass is 273 g/mol. The van der Waals surface area contributed by atoms with Gasteiger partial charge >= 0.3 is 0 Å². The van der Waals surface area contributed by atoms with Crippen molar-refractivity contribution in [2.45, 2.75) is 58.0 Å². The van der Waals surface area contributed by atoms with Gasteiger partial charge in [-0.15, -0.1) is 0 Å². The molecule has 0 aromatic carbocycles. The standard InChI is InChI=1S/C16H23N3O/c1-12-5-3-2-4-6-13(9-12)15-7-8-19-16(18-15)14(11-20)10-17-19/h7-8,10,12-13,20H,2-6,9,11H2,1H3. The van der Waals surface area contributed by atoms with Crippen LogP contribution in [0, 0.1) is 5.92 Å². The van der Waals surface area contributed by atoms with Crippen LogP contribution in [0.2, 0.25) is 0 Å². The van der Waals surface area contributed by atoms with Gasteiger partial charge in [-0.2, -0.15) is 5.10 Å². The van der Waals surface area contributed by atoms with E-state index in [-0.39, 0.29) is 6.61 Å². The Morgan fingerprint density at radius 3 is 3.00 bits per heavy atom. The van der Waals surface area contributed by atoms with Crippen LogP contribution >= 0.6 is 0 Å². The third kappa shape index (κ3) is 2.70. The minimum absolute atomic E-state index is 0.00101. The molecule has 4 heteroatoms. The molecule has 20 heavy (non-hydrogen) atoms. The minimum Gasteiger partial charge on any atom is -0.391 e. The van der Waals surface area contributed by atoms with Gasteiger partial charge in [0.1, 0.15) is 0 Å². The summed E-state index contributed by atoms with van der Waals surface area (Å²) in [5.74, 6) is 1.33. The van der Waals surface area contributed by atoms with Crippen molar-refractivity contribution in [1.82, 2.24) is 14.6 Å². The van der Waals surface area contributed by atoms with Crippen LogP contribution in [0.5, 0.6) is 0 Å². The molecule has 2 aromatic heterocycles. The van der Waals surface area contributed by atoms with E-state index in [1.807, 2.05) is 6.20 Å². The van der Waals surface area contributed by atoms with Crippen molar-refractivity contribution in [2.24, 2.45) is 5.92 Å². The Bertz CT molecular complexity index is 578. The first-order chi connectivity index (χ1) is 9.78. The van der Waals surface area contributed by atoms with E-state index in [1.54, 1.807) is 10.7 Å². The number of hydrogen-bond donors (Lipinski definition) is 1. The zero-order chi connectivity index (χ0) is 13.9. The van der Waals surface area contributed by atoms with E-state index < -0.39 is 0 Å². The van der Waals surface area contributed by atoms with Crippen molar-refractivity contribution in [1.29, 1.82) is 0 Å². The normalized spacial score (nSPS) is 24.5. The van der Waals surface area contributed by atoms with Gasteiger partial charge < -0.3 is 5.11 Å². The molecule has 3 rings (SSSR count). The topological polar surface area (TPSA) is 50.4 Å². The highest BCUT2D eigenvalue weighted by Gasteiger charge is 2.19. The van der Waals surface area contributed by atoms with Crippen molar-refractivity contribution in [2.75, 3.05) is 0 Å². The molecule has 2 aromatic rings. The Labute approximate surface area is 119 Å². The van der Waals surface area contributed by atoms with Crippen LogP contribution in [0.4, 0.5) is 0 Å². The lowest BCUT2D eigenvalue weighted by molar-refractivity contribution is 0.283. The number of fused-ring (bicyclic) bond motifs is 1. The van der Waals surface area contributed by atoms with Crippen molar-refractivity contribution in [3.8, 4) is 0 Å². The maximum Gasteiger partial charge on any atom is 0.160 e. The van der Waals surface area contributed by atoms with E-state index in [2.05, 4.69) is 18.1 Å². The van der Waals surface area contributed by atoms with E-state index in [0.29, 0.717) is 5.92 Å². The van der Waals surface area contributed by atoms with Crippen molar-refractivity contribution in [3.63, 3.8) is 0 Å². The summed E-state index contributed by atoms with van der Waals surface area (Å²) >= 11 is 0. The molecule has 0 bridgehead atoms. The first kappa shape index (κ1) is 13.6. The molecular weight excluding hydrogens is 250 g/mol. The molecule has 1 fully saturated rings. The smallest absolute Gasteiger partial charge is 0.160 e. The third-order valence-corrected chi connectivity index (χ3v) is 4.49. The summed E-state index contributed by atoms with van der Waals surface area (Å²) in [6.07, 6.45) is 11.5. The Hall–Kier alpha value is -1.42. The molecule has 0 aliphatic heterocycles. The minimum atomic E-state index is 0.00101. The van der Waals surface area contributed by atoms with Crippen LogP contribution in [-0.2, 0) is 6.61 Å². The van der Waals surface area contributed by atoms with Gasteiger partial charge in [0.25, 0.3) is 0 Å². The molecule has 2 heterocycles. The summed E-state index contributed by atoms with van der Waals surface area (Å²) in [6.45, 7) is 2.36. The van der Waals surface area contributed by atoms with Gasteiger partial charge in [-0.25, -0.2) is 9.50 Å². The highest BCUT2D eigenvalue weighted by atomic mass is 16.3. The van der Waals surface area contributed by atoms with Crippen LogP contribution < -0.4 is 0 Å². The van der Waals surface area contributed by atoms with E-state index >= 15 is 0 Å². The van der Waals surface area contributed by atoms with Gasteiger partial charge in [0.15, 0.2) is 5.65 Å². The first-order valence-corrected chi connectivity index (χ1v) is 7.72. The van der Waals surface area contributed by atoms with Gasteiger partial charge in [-0.3, -0.25) is 0 Å². The highest BCUT2D eigenvalue weighted by Crippen LogP contribution is 2.33. The second-order valence-corrected chi connectivity index (χ2v) is 6.12. The van der Waals surface area contributed by atoms with Gasteiger partial charge in [0.05, 0.1) is 12.8 Å². The van der Waals surface area contributed by atoms with E-state index in [1.165, 1.54) is 44.2 Å². The average molecular weight is 273 g/mol. The Morgan fingerprint density at radius 1 is 1.30 bits per heavy atom. The number of aromatic nitrogens is 3. The van der Waals surface area contributed by atoms with E-state index in [9.17, 15) is 5.11 Å². The fourth-order valence-corrected chi connectivity index (χ4v) is 3.32. The van der Waals surface area contributed by atoms with Gasteiger partial charge in [-0.05, 0) is 24.8 Å². The average Bonchev–Trinajstić information content (AvgIpc) is 2.84. The van der Waals surface area contributed by atoms with Crippen LogP contribution in [0.3, 0.4) is 0 Å². The van der Waals surface area contributed by atoms with E-state index in [4.69, 9.17) is 4.98 Å². The molecule has 0 saturated heterocycles. The number of aliphatic hydroxyl groups excluding tert-OH is 1. The number of aliphatic hydroxyl groups is 1. The predicted octanol–water partition coefficient (Wildman–Crippen LogP) is 3.30. The van der Waals surface area contributed by atoms with E-state index in [0.717, 1.165) is 17.1 Å². The number of rotatable bonds is 2. The predicted molar refractivity (Wildman–Crippen MR) is 78.5 cm³/mol. The van der Waals surface area contributed by atoms with Crippen LogP contribution in [0.25, 0.3) is 5.65 Å². The number of hydrogen-bond acceptors (Lipinski definition) is 3. The molecule has 1 saturated carbocycles. The molecule has 0 amide bonds. The maximum absolute atomic E-state index is 9.36. The molecule has 4 nitrogen and oxygen atoms in total. The van der Waals surface area contributed by atoms with Crippen molar-refractivity contribution >= 4 is 5.65 Å². The van der Waals surface area contributed by atoms with Gasteiger partial charge in [-0.1, -0.05) is 32.6 Å². The van der Waals surface area contributed by atoms with Crippen LogP contribution in [0.1, 0.15) is 62.6 Å². The fourth-order valence-electron chi connectivity index (χ4n) is 3.32. The first-order valence-electron chi connectivity index (χ1n) is 7.72. The van der Waals surface area contributed by atoms with Crippen molar-refractivity contribution < 1.29 is 5.11 Å². The van der Waals surface area contributed by atoms with Crippen LogP contribution in [0.15, 0.2) is 18.5 Å². The summed E-state index contributed by atoms with van der Waals surface area (Å²) in [6, 6.07) is 2.10. The molecule has 108 valence electrons. The van der Waals surface area contributed by atoms with Gasteiger partial charge in [0, 0.05) is 23.4 Å². The summed E-state index contributed by atoms with van der Waals surface area (Å²) in [5, 5.41) is 13.6. The molecule has 0 radical (unpaired) electrons. The molecule has 1 aliphatic carbocycles. The summed E-state index contributed by atoms with van der Waals surface area (Å²) in [7, 11) is 0. The Kier molecular flexibility index (Phi) is 4.01. The zero-order valence-corrected chi connectivity index (χ0v) is 12.1.